The predicted molar refractivity (Wildman–Crippen MR) is 59.6 cm³/mol. The monoisotopic (exact) mass is 249 g/mol. The van der Waals surface area contributed by atoms with E-state index >= 15 is 0 Å². The highest BCUT2D eigenvalue weighted by molar-refractivity contribution is 5.95. The number of benzene rings is 1. The fourth-order valence-corrected chi connectivity index (χ4v) is 1.45. The number of halogens is 1. The quantitative estimate of drug-likeness (QED) is 0.470. The van der Waals surface area contributed by atoms with Crippen LogP contribution in [0.1, 0.15) is 10.4 Å². The first kappa shape index (κ1) is 11.9. The minimum atomic E-state index is -0.650. The van der Waals surface area contributed by atoms with Crippen LogP contribution in [0.4, 0.5) is 10.2 Å². The van der Waals surface area contributed by atoms with Crippen LogP contribution in [-0.2, 0) is 6.54 Å². The maximum absolute atomic E-state index is 12.9. The van der Waals surface area contributed by atoms with Crippen LogP contribution in [0.2, 0.25) is 0 Å². The van der Waals surface area contributed by atoms with Gasteiger partial charge in [0.2, 0.25) is 6.33 Å². The number of aromatic nitrogens is 2. The van der Waals surface area contributed by atoms with E-state index in [2.05, 4.69) is 4.98 Å². The van der Waals surface area contributed by atoms with Crippen LogP contribution in [0.5, 0.6) is 0 Å². The molecule has 0 spiro atoms. The number of hydrogen-bond acceptors (Lipinski definition) is 4. The molecule has 1 heterocycles. The van der Waals surface area contributed by atoms with Crippen molar-refractivity contribution in [1.29, 1.82) is 0 Å². The van der Waals surface area contributed by atoms with Crippen molar-refractivity contribution >= 4 is 11.6 Å². The average Bonchev–Trinajstić information content (AvgIpc) is 2.77. The second-order valence-corrected chi connectivity index (χ2v) is 3.59. The third-order valence-electron chi connectivity index (χ3n) is 2.28. The number of carbonyl (C=O) groups is 1. The molecule has 1 aromatic heterocycles. The number of Topliss-reactive ketones (excluding diaryl/α,β-unsaturated/α-hetero) is 1. The zero-order valence-electron chi connectivity index (χ0n) is 9.12. The van der Waals surface area contributed by atoms with Gasteiger partial charge in [-0.1, -0.05) is 12.1 Å². The lowest BCUT2D eigenvalue weighted by molar-refractivity contribution is -0.389. The molecule has 7 heteroatoms. The highest BCUT2D eigenvalue weighted by Gasteiger charge is 2.13. The van der Waals surface area contributed by atoms with Crippen LogP contribution in [0.3, 0.4) is 0 Å². The van der Waals surface area contributed by atoms with E-state index in [0.717, 1.165) is 12.3 Å². The summed E-state index contributed by atoms with van der Waals surface area (Å²) in [6, 6.07) is 5.27. The molecule has 6 nitrogen and oxygen atoms in total. The average molecular weight is 249 g/mol. The largest absolute Gasteiger partial charge is 0.381 e. The maximum Gasteiger partial charge on any atom is 0.381 e. The van der Waals surface area contributed by atoms with E-state index in [1.165, 1.54) is 29.1 Å². The molecule has 92 valence electrons. The molecule has 18 heavy (non-hydrogen) atoms. The van der Waals surface area contributed by atoms with Crippen molar-refractivity contribution in [2.24, 2.45) is 0 Å². The molecule has 0 aliphatic carbocycles. The van der Waals surface area contributed by atoms with Gasteiger partial charge in [-0.15, -0.1) is 0 Å². The smallest absolute Gasteiger partial charge is 0.358 e. The number of nitrogens with zero attached hydrogens (tertiary/aromatic N) is 3. The molecule has 0 bridgehead atoms. The third kappa shape index (κ3) is 2.57. The second kappa shape index (κ2) is 4.74. The van der Waals surface area contributed by atoms with E-state index in [1.54, 1.807) is 0 Å². The molecular formula is C11H8FN3O3. The van der Waals surface area contributed by atoms with Gasteiger partial charge in [-0.25, -0.2) is 4.39 Å². The number of rotatable bonds is 4. The van der Waals surface area contributed by atoms with Crippen molar-refractivity contribution in [3.63, 3.8) is 0 Å². The number of carbonyl (C=O) groups excluding carboxylic acids is 1. The Bertz CT molecular complexity index is 609. The van der Waals surface area contributed by atoms with Crippen molar-refractivity contribution in [2.75, 3.05) is 0 Å². The highest BCUT2D eigenvalue weighted by Crippen LogP contribution is 2.09. The summed E-state index contributed by atoms with van der Waals surface area (Å²) in [5.41, 5.74) is 0.214. The summed E-state index contributed by atoms with van der Waals surface area (Å²) in [6.07, 6.45) is 2.34. The standard InChI is InChI=1S/C11H8FN3O3/c12-9-3-1-2-8(4-9)10(16)5-14-6-11(13-7-14)15(17)18/h1-4,6-7H,5H2. The van der Waals surface area contributed by atoms with E-state index < -0.39 is 10.7 Å². The fraction of sp³-hybridized carbons (Fsp3) is 0.0909. The van der Waals surface area contributed by atoms with Crippen LogP contribution in [0.15, 0.2) is 36.8 Å². The minimum absolute atomic E-state index is 0.121. The van der Waals surface area contributed by atoms with E-state index in [9.17, 15) is 19.3 Å². The van der Waals surface area contributed by atoms with Gasteiger partial charge in [-0.2, -0.15) is 0 Å². The lowest BCUT2D eigenvalue weighted by atomic mass is 10.1. The Morgan fingerprint density at radius 1 is 1.50 bits per heavy atom. The van der Waals surface area contributed by atoms with E-state index in [1.807, 2.05) is 0 Å². The summed E-state index contributed by atoms with van der Waals surface area (Å²) in [5, 5.41) is 10.4. The molecule has 0 unspecified atom stereocenters. The Kier molecular flexibility index (Phi) is 3.13. The Morgan fingerprint density at radius 3 is 2.89 bits per heavy atom. The van der Waals surface area contributed by atoms with E-state index in [4.69, 9.17) is 0 Å². The van der Waals surface area contributed by atoms with Gasteiger partial charge in [-0.05, 0) is 22.0 Å². The van der Waals surface area contributed by atoms with Crippen molar-refractivity contribution in [2.45, 2.75) is 6.54 Å². The van der Waals surface area contributed by atoms with Gasteiger partial charge in [0, 0.05) is 5.56 Å². The van der Waals surface area contributed by atoms with Crippen LogP contribution in [0, 0.1) is 15.9 Å². The molecule has 0 saturated heterocycles. The third-order valence-corrected chi connectivity index (χ3v) is 2.28. The van der Waals surface area contributed by atoms with Gasteiger partial charge in [0.05, 0.1) is 6.54 Å². The summed E-state index contributed by atoms with van der Waals surface area (Å²) in [7, 11) is 0. The zero-order chi connectivity index (χ0) is 13.1. The molecule has 0 radical (unpaired) electrons. The summed E-state index contributed by atoms with van der Waals surface area (Å²) < 4.78 is 14.2. The van der Waals surface area contributed by atoms with Crippen LogP contribution >= 0.6 is 0 Å². The van der Waals surface area contributed by atoms with E-state index in [-0.39, 0.29) is 23.7 Å². The first-order valence-corrected chi connectivity index (χ1v) is 5.01. The second-order valence-electron chi connectivity index (χ2n) is 3.59. The van der Waals surface area contributed by atoms with Gasteiger partial charge in [0.25, 0.3) is 0 Å². The molecule has 2 aromatic rings. The molecule has 1 aromatic carbocycles. The summed E-state index contributed by atoms with van der Waals surface area (Å²) in [6.45, 7) is -0.121. The van der Waals surface area contributed by atoms with Crippen molar-refractivity contribution in [1.82, 2.24) is 9.55 Å². The lowest BCUT2D eigenvalue weighted by Crippen LogP contribution is -2.09. The molecule has 0 saturated carbocycles. The van der Waals surface area contributed by atoms with Crippen molar-refractivity contribution < 1.29 is 14.1 Å². The number of ketones is 1. The zero-order valence-corrected chi connectivity index (χ0v) is 9.12. The topological polar surface area (TPSA) is 78.0 Å². The Morgan fingerprint density at radius 2 is 2.28 bits per heavy atom. The molecular weight excluding hydrogens is 241 g/mol. The van der Waals surface area contributed by atoms with Crippen LogP contribution in [-0.4, -0.2) is 20.3 Å². The Labute approximate surface area is 101 Å². The molecule has 0 amide bonds. The fourth-order valence-electron chi connectivity index (χ4n) is 1.45. The first-order chi connectivity index (χ1) is 8.56. The van der Waals surface area contributed by atoms with Gasteiger partial charge in [0.15, 0.2) is 5.78 Å². The first-order valence-electron chi connectivity index (χ1n) is 5.01. The van der Waals surface area contributed by atoms with Crippen LogP contribution in [0.25, 0.3) is 0 Å². The van der Waals surface area contributed by atoms with Gasteiger partial charge in [-0.3, -0.25) is 4.79 Å². The molecule has 0 N–H and O–H groups in total. The molecule has 0 fully saturated rings. The summed E-state index contributed by atoms with van der Waals surface area (Å²) in [4.78, 5) is 25.0. The molecule has 0 atom stereocenters. The van der Waals surface area contributed by atoms with Crippen molar-refractivity contribution in [3.05, 3.63) is 58.3 Å². The SMILES string of the molecule is O=C(Cn1cnc([N+](=O)[O-])c1)c1cccc(F)c1. The normalized spacial score (nSPS) is 10.3. The number of nitro groups is 1. The highest BCUT2D eigenvalue weighted by atomic mass is 19.1. The van der Waals surface area contributed by atoms with Gasteiger partial charge >= 0.3 is 5.82 Å². The van der Waals surface area contributed by atoms with Crippen LogP contribution < -0.4 is 0 Å². The van der Waals surface area contributed by atoms with Crippen molar-refractivity contribution in [3.8, 4) is 0 Å². The predicted octanol–water partition coefficient (Wildman–Crippen LogP) is 1.81. The molecule has 2 rings (SSSR count). The maximum atomic E-state index is 12.9. The van der Waals surface area contributed by atoms with Gasteiger partial charge in [0.1, 0.15) is 12.0 Å². The van der Waals surface area contributed by atoms with Gasteiger partial charge < -0.3 is 14.7 Å². The molecule has 0 aliphatic rings. The Hall–Kier alpha value is -2.57. The summed E-state index contributed by atoms with van der Waals surface area (Å²) in [5.74, 6) is -1.18. The minimum Gasteiger partial charge on any atom is -0.358 e. The van der Waals surface area contributed by atoms with E-state index in [0.29, 0.717) is 0 Å². The number of imidazole rings is 1. The lowest BCUT2D eigenvalue weighted by Gasteiger charge is -2.00. The number of hydrogen-bond donors (Lipinski definition) is 0. The molecule has 0 aliphatic heterocycles. The Balaban J connectivity index is 2.13. The summed E-state index contributed by atoms with van der Waals surface area (Å²) >= 11 is 0.